The first-order valence-electron chi connectivity index (χ1n) is 6.46. The van der Waals surface area contributed by atoms with E-state index in [2.05, 4.69) is 0 Å². The van der Waals surface area contributed by atoms with Gasteiger partial charge in [0.15, 0.2) is 0 Å². The second-order valence-corrected chi connectivity index (χ2v) is 4.51. The molecule has 110 valence electrons. The minimum absolute atomic E-state index is 0.0218. The SMILES string of the molecule is Nc1ccc([N+](=O)[O-])cc1COc1ccccc1CCO. The van der Waals surface area contributed by atoms with Gasteiger partial charge in [0.2, 0.25) is 0 Å². The highest BCUT2D eigenvalue weighted by atomic mass is 16.6. The number of non-ortho nitro benzene ring substituents is 1. The highest BCUT2D eigenvalue weighted by Gasteiger charge is 2.10. The second kappa shape index (κ2) is 6.71. The molecule has 0 saturated carbocycles. The number of aliphatic hydroxyl groups is 1. The zero-order valence-electron chi connectivity index (χ0n) is 11.4. The number of aliphatic hydroxyl groups excluding tert-OH is 1. The molecule has 0 aliphatic carbocycles. The summed E-state index contributed by atoms with van der Waals surface area (Å²) in [6.45, 7) is 0.162. The number of ether oxygens (including phenoxy) is 1. The summed E-state index contributed by atoms with van der Waals surface area (Å²) in [5, 5.41) is 19.8. The average molecular weight is 288 g/mol. The molecule has 2 aromatic rings. The predicted octanol–water partition coefficient (Wildman–Crippen LogP) is 2.29. The van der Waals surface area contributed by atoms with Gasteiger partial charge >= 0.3 is 0 Å². The molecule has 21 heavy (non-hydrogen) atoms. The van der Waals surface area contributed by atoms with Crippen molar-refractivity contribution in [3.05, 3.63) is 63.7 Å². The molecule has 0 fully saturated rings. The van der Waals surface area contributed by atoms with Crippen molar-refractivity contribution >= 4 is 11.4 Å². The third-order valence-corrected chi connectivity index (χ3v) is 3.07. The number of anilines is 1. The molecule has 0 radical (unpaired) electrons. The molecule has 2 rings (SSSR count). The molecule has 0 atom stereocenters. The van der Waals surface area contributed by atoms with Gasteiger partial charge in [-0.2, -0.15) is 0 Å². The van der Waals surface area contributed by atoms with Crippen LogP contribution >= 0.6 is 0 Å². The van der Waals surface area contributed by atoms with Crippen LogP contribution in [0.2, 0.25) is 0 Å². The van der Waals surface area contributed by atoms with Gasteiger partial charge in [-0.25, -0.2) is 0 Å². The molecule has 0 aromatic heterocycles. The normalized spacial score (nSPS) is 10.3. The maximum atomic E-state index is 10.8. The van der Waals surface area contributed by atoms with Crippen LogP contribution in [0.15, 0.2) is 42.5 Å². The van der Waals surface area contributed by atoms with Gasteiger partial charge in [0.1, 0.15) is 12.4 Å². The number of hydrogen-bond acceptors (Lipinski definition) is 5. The minimum atomic E-state index is -0.470. The number of nitro benzene ring substituents is 1. The summed E-state index contributed by atoms with van der Waals surface area (Å²) >= 11 is 0. The Kier molecular flexibility index (Phi) is 4.73. The van der Waals surface area contributed by atoms with E-state index in [0.717, 1.165) is 5.56 Å². The molecule has 0 spiro atoms. The summed E-state index contributed by atoms with van der Waals surface area (Å²) < 4.78 is 5.68. The number of nitrogens with two attached hydrogens (primary N) is 1. The lowest BCUT2D eigenvalue weighted by Gasteiger charge is -2.12. The molecular weight excluding hydrogens is 272 g/mol. The Balaban J connectivity index is 2.16. The van der Waals surface area contributed by atoms with Gasteiger partial charge < -0.3 is 15.6 Å². The molecule has 0 bridgehead atoms. The van der Waals surface area contributed by atoms with Gasteiger partial charge in [0.25, 0.3) is 5.69 Å². The van der Waals surface area contributed by atoms with Gasteiger partial charge in [0, 0.05) is 30.0 Å². The number of benzene rings is 2. The molecule has 0 aliphatic heterocycles. The van der Waals surface area contributed by atoms with E-state index in [9.17, 15) is 10.1 Å². The zero-order valence-corrected chi connectivity index (χ0v) is 11.4. The first-order chi connectivity index (χ1) is 10.1. The summed E-state index contributed by atoms with van der Waals surface area (Å²) in [6, 6.07) is 11.6. The van der Waals surface area contributed by atoms with Crippen molar-refractivity contribution in [3.8, 4) is 5.75 Å². The van der Waals surface area contributed by atoms with Gasteiger partial charge in [0.05, 0.1) is 4.92 Å². The number of rotatable bonds is 6. The monoisotopic (exact) mass is 288 g/mol. The lowest BCUT2D eigenvalue weighted by Crippen LogP contribution is -2.03. The Morgan fingerprint density at radius 1 is 1.19 bits per heavy atom. The quantitative estimate of drug-likeness (QED) is 0.482. The Bertz CT molecular complexity index is 643. The van der Waals surface area contributed by atoms with Crippen molar-refractivity contribution in [3.63, 3.8) is 0 Å². The summed E-state index contributed by atoms with van der Waals surface area (Å²) in [4.78, 5) is 10.3. The smallest absolute Gasteiger partial charge is 0.269 e. The number of nitrogen functional groups attached to an aromatic ring is 1. The first-order valence-corrected chi connectivity index (χ1v) is 6.46. The zero-order chi connectivity index (χ0) is 15.2. The van der Waals surface area contributed by atoms with Crippen LogP contribution in [0.1, 0.15) is 11.1 Å². The second-order valence-electron chi connectivity index (χ2n) is 4.51. The first kappa shape index (κ1) is 14.8. The fourth-order valence-electron chi connectivity index (χ4n) is 1.96. The van der Waals surface area contributed by atoms with Crippen LogP contribution < -0.4 is 10.5 Å². The van der Waals surface area contributed by atoms with Gasteiger partial charge in [-0.3, -0.25) is 10.1 Å². The predicted molar refractivity (Wildman–Crippen MR) is 79.1 cm³/mol. The Labute approximate surface area is 121 Å². The van der Waals surface area contributed by atoms with Crippen LogP contribution in [-0.4, -0.2) is 16.6 Å². The molecule has 0 unspecified atom stereocenters. The summed E-state index contributed by atoms with van der Waals surface area (Å²) in [7, 11) is 0. The van der Waals surface area contributed by atoms with Crippen molar-refractivity contribution in [2.24, 2.45) is 0 Å². The van der Waals surface area contributed by atoms with E-state index in [1.807, 2.05) is 18.2 Å². The Hall–Kier alpha value is -2.60. The molecule has 6 nitrogen and oxygen atoms in total. The molecule has 0 saturated heterocycles. The topological polar surface area (TPSA) is 98.6 Å². The van der Waals surface area contributed by atoms with E-state index in [0.29, 0.717) is 23.4 Å². The van der Waals surface area contributed by atoms with Gasteiger partial charge in [-0.1, -0.05) is 18.2 Å². The highest BCUT2D eigenvalue weighted by molar-refractivity contribution is 5.52. The van der Waals surface area contributed by atoms with Crippen molar-refractivity contribution < 1.29 is 14.8 Å². The molecule has 2 aromatic carbocycles. The Morgan fingerprint density at radius 3 is 2.67 bits per heavy atom. The maximum Gasteiger partial charge on any atom is 0.269 e. The number of nitro groups is 1. The third-order valence-electron chi connectivity index (χ3n) is 3.07. The van der Waals surface area contributed by atoms with Gasteiger partial charge in [-0.15, -0.1) is 0 Å². The van der Waals surface area contributed by atoms with Crippen molar-refractivity contribution in [2.75, 3.05) is 12.3 Å². The fraction of sp³-hybridized carbons (Fsp3) is 0.200. The number of nitrogens with zero attached hydrogens (tertiary/aromatic N) is 1. The van der Waals surface area contributed by atoms with Crippen molar-refractivity contribution in [1.82, 2.24) is 0 Å². The molecular formula is C15H16N2O4. The fourth-order valence-corrected chi connectivity index (χ4v) is 1.96. The summed E-state index contributed by atoms with van der Waals surface area (Å²) in [6.07, 6.45) is 0.487. The summed E-state index contributed by atoms with van der Waals surface area (Å²) in [5.74, 6) is 0.637. The van der Waals surface area contributed by atoms with E-state index in [-0.39, 0.29) is 18.9 Å². The van der Waals surface area contributed by atoms with Crippen LogP contribution in [0, 0.1) is 10.1 Å². The lowest BCUT2D eigenvalue weighted by atomic mass is 10.1. The molecule has 0 amide bonds. The van der Waals surface area contributed by atoms with E-state index >= 15 is 0 Å². The number of hydrogen-bond donors (Lipinski definition) is 2. The van der Waals surface area contributed by atoms with Crippen molar-refractivity contribution in [1.29, 1.82) is 0 Å². The standard InChI is InChI=1S/C15H16N2O4/c16-14-6-5-13(17(19)20)9-12(14)10-21-15-4-2-1-3-11(15)7-8-18/h1-6,9,18H,7-8,10,16H2. The summed E-state index contributed by atoms with van der Waals surface area (Å²) in [5.41, 5.74) is 7.67. The molecule has 3 N–H and O–H groups in total. The number of para-hydroxylation sites is 1. The third kappa shape index (κ3) is 3.70. The van der Waals surface area contributed by atoms with E-state index in [4.69, 9.17) is 15.6 Å². The van der Waals surface area contributed by atoms with Crippen LogP contribution in [0.25, 0.3) is 0 Å². The van der Waals surface area contributed by atoms with E-state index < -0.39 is 4.92 Å². The Morgan fingerprint density at radius 2 is 1.95 bits per heavy atom. The largest absolute Gasteiger partial charge is 0.489 e. The van der Waals surface area contributed by atoms with Crippen LogP contribution in [0.5, 0.6) is 5.75 Å². The maximum absolute atomic E-state index is 10.8. The molecule has 0 heterocycles. The van der Waals surface area contributed by atoms with E-state index in [1.165, 1.54) is 18.2 Å². The molecule has 6 heteroatoms. The minimum Gasteiger partial charge on any atom is -0.489 e. The van der Waals surface area contributed by atoms with E-state index in [1.54, 1.807) is 6.07 Å². The highest BCUT2D eigenvalue weighted by Crippen LogP contribution is 2.24. The molecule has 0 aliphatic rings. The van der Waals surface area contributed by atoms with Crippen LogP contribution in [0.3, 0.4) is 0 Å². The average Bonchev–Trinajstić information content (AvgIpc) is 2.48. The lowest BCUT2D eigenvalue weighted by molar-refractivity contribution is -0.384. The van der Waals surface area contributed by atoms with Crippen molar-refractivity contribution in [2.45, 2.75) is 13.0 Å². The van der Waals surface area contributed by atoms with Gasteiger partial charge in [-0.05, 0) is 24.1 Å². The van der Waals surface area contributed by atoms with Crippen LogP contribution in [-0.2, 0) is 13.0 Å². The van der Waals surface area contributed by atoms with Crippen LogP contribution in [0.4, 0.5) is 11.4 Å².